The van der Waals surface area contributed by atoms with Crippen LogP contribution in [0.15, 0.2) is 76.6 Å². The lowest BCUT2D eigenvalue weighted by molar-refractivity contribution is -0.122. The zero-order chi connectivity index (χ0) is 31.1. The Morgan fingerprint density at radius 2 is 1.59 bits per heavy atom. The Balaban J connectivity index is 1.41. The minimum absolute atomic E-state index is 0.275. The lowest BCUT2D eigenvalue weighted by atomic mass is 9.83. The highest BCUT2D eigenvalue weighted by atomic mass is 35.5. The van der Waals surface area contributed by atoms with Crippen LogP contribution < -0.4 is 29.3 Å². The van der Waals surface area contributed by atoms with Gasteiger partial charge in [0.15, 0.2) is 11.5 Å². The number of amides is 3. The van der Waals surface area contributed by atoms with Crippen molar-refractivity contribution in [3.63, 3.8) is 0 Å². The number of hydrogen-bond acceptors (Lipinski definition) is 9. The number of hydrogen-bond donors (Lipinski definition) is 1. The maximum absolute atomic E-state index is 14.1. The maximum atomic E-state index is 14.1. The fraction of sp³-hybridized carbons (Fsp3) is 0.226. The van der Waals surface area contributed by atoms with Crippen LogP contribution in [0, 0.1) is 5.92 Å². The van der Waals surface area contributed by atoms with Gasteiger partial charge in [-0.1, -0.05) is 40.8 Å². The topological polar surface area (TPSA) is 116 Å². The molecule has 1 fully saturated rings. The predicted octanol–water partition coefficient (Wildman–Crippen LogP) is 5.02. The number of halogens is 1. The largest absolute Gasteiger partial charge is 0.497 e. The number of carbonyl (C=O) groups excluding carboxylic acids is 3. The molecule has 44 heavy (non-hydrogen) atoms. The molecule has 0 radical (unpaired) electrons. The first-order valence-corrected chi connectivity index (χ1v) is 15.5. The van der Waals surface area contributed by atoms with Crippen LogP contribution >= 0.6 is 34.7 Å². The zero-order valence-electron chi connectivity index (χ0n) is 23.7. The van der Waals surface area contributed by atoms with Crippen LogP contribution in [0.4, 0.5) is 11.4 Å². The van der Waals surface area contributed by atoms with E-state index in [1.807, 2.05) is 0 Å². The molecule has 1 N–H and O–H groups in total. The van der Waals surface area contributed by atoms with Crippen molar-refractivity contribution in [2.24, 2.45) is 5.92 Å². The van der Waals surface area contributed by atoms with Crippen LogP contribution in [0.1, 0.15) is 16.4 Å². The van der Waals surface area contributed by atoms with Crippen molar-refractivity contribution in [3.8, 4) is 17.2 Å². The van der Waals surface area contributed by atoms with Crippen molar-refractivity contribution in [1.29, 1.82) is 0 Å². The third kappa shape index (κ3) is 5.23. The summed E-state index contributed by atoms with van der Waals surface area (Å²) in [6.45, 7) is -0.275. The van der Waals surface area contributed by atoms with Gasteiger partial charge in [-0.2, -0.15) is 0 Å². The average molecular weight is 652 g/mol. The SMILES string of the molecule is COc1ccc(NC(=O)Cn2c3c(sc2=O)[C@@H](c2ccc(OC)c(OC)c2)[C@@H]2C(=O)N(c4ccc(Cl)cc4)C(=O)[C@@H]2S3)cc1. The van der Waals surface area contributed by atoms with E-state index in [1.165, 1.54) is 23.7 Å². The molecule has 6 rings (SSSR count). The molecule has 3 aromatic carbocycles. The lowest BCUT2D eigenvalue weighted by Crippen LogP contribution is -2.33. The van der Waals surface area contributed by atoms with Crippen molar-refractivity contribution in [3.05, 3.63) is 91.9 Å². The third-order valence-electron chi connectivity index (χ3n) is 7.58. The van der Waals surface area contributed by atoms with E-state index >= 15 is 0 Å². The monoisotopic (exact) mass is 651 g/mol. The number of methoxy groups -OCH3 is 3. The number of fused-ring (bicyclic) bond motifs is 2. The Kier molecular flexibility index (Phi) is 8.14. The number of ether oxygens (including phenoxy) is 3. The second-order valence-electron chi connectivity index (χ2n) is 10.0. The fourth-order valence-corrected chi connectivity index (χ4v) is 8.42. The molecular formula is C31H26ClN3O7S2. The number of nitrogens with zero attached hydrogens (tertiary/aromatic N) is 2. The van der Waals surface area contributed by atoms with Gasteiger partial charge in [-0.3, -0.25) is 23.7 Å². The number of aromatic nitrogens is 1. The molecule has 1 aromatic heterocycles. The van der Waals surface area contributed by atoms with Gasteiger partial charge in [0.25, 0.3) is 0 Å². The molecule has 226 valence electrons. The smallest absolute Gasteiger partial charge is 0.308 e. The van der Waals surface area contributed by atoms with Crippen LogP contribution in [-0.4, -0.2) is 48.9 Å². The predicted molar refractivity (Wildman–Crippen MR) is 169 cm³/mol. The third-order valence-corrected chi connectivity index (χ3v) is 10.4. The van der Waals surface area contributed by atoms with Gasteiger partial charge < -0.3 is 19.5 Å². The highest BCUT2D eigenvalue weighted by Gasteiger charge is 2.57. The summed E-state index contributed by atoms with van der Waals surface area (Å²) in [6.07, 6.45) is 0. The molecule has 3 amide bonds. The minimum atomic E-state index is -0.839. The molecule has 0 aliphatic carbocycles. The first kappa shape index (κ1) is 29.8. The van der Waals surface area contributed by atoms with E-state index in [9.17, 15) is 19.2 Å². The Morgan fingerprint density at radius 1 is 0.886 bits per heavy atom. The fourth-order valence-electron chi connectivity index (χ4n) is 5.52. The number of carbonyl (C=O) groups is 3. The highest BCUT2D eigenvalue weighted by molar-refractivity contribution is 8.00. The number of thioether (sulfide) groups is 1. The highest BCUT2D eigenvalue weighted by Crippen LogP contribution is 2.54. The Bertz CT molecular complexity index is 1820. The first-order valence-electron chi connectivity index (χ1n) is 13.4. The first-order chi connectivity index (χ1) is 21.2. The van der Waals surface area contributed by atoms with Gasteiger partial charge in [0.1, 0.15) is 17.5 Å². The van der Waals surface area contributed by atoms with Crippen LogP contribution in [0.25, 0.3) is 0 Å². The number of anilines is 2. The van der Waals surface area contributed by atoms with E-state index in [1.54, 1.807) is 73.8 Å². The van der Waals surface area contributed by atoms with Crippen LogP contribution in [0.3, 0.4) is 0 Å². The number of rotatable bonds is 8. The van der Waals surface area contributed by atoms with E-state index in [2.05, 4.69) is 5.32 Å². The van der Waals surface area contributed by atoms with Gasteiger partial charge in [-0.25, -0.2) is 4.90 Å². The van der Waals surface area contributed by atoms with Gasteiger partial charge in [0, 0.05) is 21.5 Å². The molecule has 0 saturated carbocycles. The quantitative estimate of drug-likeness (QED) is 0.264. The molecule has 3 atom stereocenters. The second-order valence-corrected chi connectivity index (χ2v) is 12.6. The molecule has 0 unspecified atom stereocenters. The summed E-state index contributed by atoms with van der Waals surface area (Å²) < 4.78 is 17.5. The van der Waals surface area contributed by atoms with E-state index in [-0.39, 0.29) is 17.3 Å². The second kappa shape index (κ2) is 12.0. The normalized spacial score (nSPS) is 18.9. The Hall–Kier alpha value is -4.26. The summed E-state index contributed by atoms with van der Waals surface area (Å²) in [4.78, 5) is 55.9. The van der Waals surface area contributed by atoms with Crippen LogP contribution in [0.5, 0.6) is 17.2 Å². The van der Waals surface area contributed by atoms with Crippen molar-refractivity contribution < 1.29 is 28.6 Å². The molecule has 3 heterocycles. The van der Waals surface area contributed by atoms with E-state index < -0.39 is 28.9 Å². The molecular weight excluding hydrogens is 626 g/mol. The summed E-state index contributed by atoms with van der Waals surface area (Å²) in [6, 6.07) is 18.6. The summed E-state index contributed by atoms with van der Waals surface area (Å²) in [5, 5.41) is 2.91. The van der Waals surface area contributed by atoms with Crippen LogP contribution in [-0.2, 0) is 20.9 Å². The maximum Gasteiger partial charge on any atom is 0.308 e. The minimum Gasteiger partial charge on any atom is -0.497 e. The molecule has 0 spiro atoms. The molecule has 10 nitrogen and oxygen atoms in total. The van der Waals surface area contributed by atoms with Gasteiger partial charge in [0.2, 0.25) is 17.7 Å². The van der Waals surface area contributed by atoms with Crippen molar-refractivity contribution in [2.75, 3.05) is 31.5 Å². The summed E-state index contributed by atoms with van der Waals surface area (Å²) in [7, 11) is 4.58. The summed E-state index contributed by atoms with van der Waals surface area (Å²) >= 11 is 8.18. The van der Waals surface area contributed by atoms with Gasteiger partial charge >= 0.3 is 4.87 Å². The van der Waals surface area contributed by atoms with E-state index in [4.69, 9.17) is 25.8 Å². The molecule has 4 aromatic rings. The van der Waals surface area contributed by atoms with E-state index in [0.29, 0.717) is 49.1 Å². The molecule has 13 heteroatoms. The summed E-state index contributed by atoms with van der Waals surface area (Å²) in [5.41, 5.74) is 1.62. The molecule has 0 bridgehead atoms. The van der Waals surface area contributed by atoms with Crippen molar-refractivity contribution in [2.45, 2.75) is 22.7 Å². The van der Waals surface area contributed by atoms with Crippen molar-refractivity contribution in [1.82, 2.24) is 4.57 Å². The van der Waals surface area contributed by atoms with Gasteiger partial charge in [0.05, 0.1) is 38.0 Å². The van der Waals surface area contributed by atoms with Crippen molar-refractivity contribution >= 4 is 63.8 Å². The molecule has 2 aliphatic heterocycles. The number of benzene rings is 3. The average Bonchev–Trinajstić information content (AvgIpc) is 3.47. The summed E-state index contributed by atoms with van der Waals surface area (Å²) in [5.74, 6) is -1.10. The molecule has 1 saturated heterocycles. The van der Waals surface area contributed by atoms with E-state index in [0.717, 1.165) is 23.1 Å². The number of nitrogens with one attached hydrogen (secondary N) is 1. The lowest BCUT2D eigenvalue weighted by Gasteiger charge is -2.31. The zero-order valence-corrected chi connectivity index (χ0v) is 26.1. The number of imide groups is 1. The Labute approximate surface area is 265 Å². The number of thiazole rings is 1. The van der Waals surface area contributed by atoms with Gasteiger partial charge in [-0.05, 0) is 66.2 Å². The standard InChI is InChI=1S/C31H26ClN3O7S2/c1-40-20-11-7-18(8-12-20)33-23(36)15-34-30-27(44-31(34)39)24(16-4-13-21(41-2)22(14-16)42-3)25-26(43-30)29(38)35(28(25)37)19-9-5-17(32)6-10-19/h4-14,24-26H,15H2,1-3H3,(H,33,36)/t24-,25-,26+/m0/s1. The van der Waals surface area contributed by atoms with Gasteiger partial charge in [-0.15, -0.1) is 0 Å². The van der Waals surface area contributed by atoms with Crippen LogP contribution in [0.2, 0.25) is 5.02 Å². The Morgan fingerprint density at radius 3 is 2.25 bits per heavy atom. The molecule has 2 aliphatic rings.